The van der Waals surface area contributed by atoms with Crippen LogP contribution in [0.3, 0.4) is 0 Å². The first kappa shape index (κ1) is 11.9. The highest BCUT2D eigenvalue weighted by Crippen LogP contribution is 2.19. The van der Waals surface area contributed by atoms with Gasteiger partial charge in [0.15, 0.2) is 0 Å². The summed E-state index contributed by atoms with van der Waals surface area (Å²) in [7, 11) is 0. The zero-order valence-electron chi connectivity index (χ0n) is 9.95. The van der Waals surface area contributed by atoms with Gasteiger partial charge in [0, 0.05) is 18.7 Å². The summed E-state index contributed by atoms with van der Waals surface area (Å²) in [6.45, 7) is 3.70. The Labute approximate surface area is 100 Å². The average molecular weight is 236 g/mol. The summed E-state index contributed by atoms with van der Waals surface area (Å²) < 4.78 is 13.3. The molecule has 2 rings (SSSR count). The van der Waals surface area contributed by atoms with Crippen molar-refractivity contribution >= 4 is 11.6 Å². The largest absolute Gasteiger partial charge is 0.396 e. The molecule has 1 amide bonds. The number of nitrogens with two attached hydrogens (primary N) is 1. The number of rotatable bonds is 1. The monoisotopic (exact) mass is 236 g/mol. The van der Waals surface area contributed by atoms with Gasteiger partial charge in [0.1, 0.15) is 5.82 Å². The van der Waals surface area contributed by atoms with Crippen molar-refractivity contribution in [3.05, 3.63) is 29.6 Å². The van der Waals surface area contributed by atoms with Crippen LogP contribution in [0.4, 0.5) is 10.1 Å². The lowest BCUT2D eigenvalue weighted by Gasteiger charge is -2.30. The van der Waals surface area contributed by atoms with E-state index in [1.807, 2.05) is 0 Å². The summed E-state index contributed by atoms with van der Waals surface area (Å²) in [6, 6.07) is 4.24. The van der Waals surface area contributed by atoms with Gasteiger partial charge in [-0.05, 0) is 37.0 Å². The van der Waals surface area contributed by atoms with Crippen LogP contribution in [-0.4, -0.2) is 23.9 Å². The molecule has 1 aromatic carbocycles. The van der Waals surface area contributed by atoms with E-state index in [0.29, 0.717) is 11.5 Å². The zero-order valence-corrected chi connectivity index (χ0v) is 9.95. The van der Waals surface area contributed by atoms with E-state index in [-0.39, 0.29) is 11.6 Å². The van der Waals surface area contributed by atoms with Crippen molar-refractivity contribution < 1.29 is 9.18 Å². The Morgan fingerprint density at radius 3 is 2.65 bits per heavy atom. The second-order valence-electron chi connectivity index (χ2n) is 4.71. The fourth-order valence-electron chi connectivity index (χ4n) is 2.05. The predicted molar refractivity (Wildman–Crippen MR) is 65.1 cm³/mol. The van der Waals surface area contributed by atoms with E-state index in [9.17, 15) is 9.18 Å². The van der Waals surface area contributed by atoms with Gasteiger partial charge in [0.2, 0.25) is 0 Å². The molecule has 4 heteroatoms. The number of hydrogen-bond acceptors (Lipinski definition) is 2. The van der Waals surface area contributed by atoms with Gasteiger partial charge in [-0.1, -0.05) is 6.92 Å². The minimum Gasteiger partial charge on any atom is -0.396 e. The summed E-state index contributed by atoms with van der Waals surface area (Å²) in [5, 5.41) is 0. The third-order valence-corrected chi connectivity index (χ3v) is 3.32. The highest BCUT2D eigenvalue weighted by atomic mass is 19.1. The Hall–Kier alpha value is -1.58. The minimum absolute atomic E-state index is 0.0776. The number of nitrogen functional groups attached to an aromatic ring is 1. The average Bonchev–Trinajstić information content (AvgIpc) is 2.33. The maximum atomic E-state index is 13.3. The zero-order chi connectivity index (χ0) is 12.4. The van der Waals surface area contributed by atoms with E-state index >= 15 is 0 Å². The number of carbonyl (C=O) groups is 1. The van der Waals surface area contributed by atoms with Crippen LogP contribution in [0.2, 0.25) is 0 Å². The molecule has 1 fully saturated rings. The van der Waals surface area contributed by atoms with Crippen LogP contribution in [0.25, 0.3) is 0 Å². The molecule has 3 nitrogen and oxygen atoms in total. The molecule has 0 aliphatic carbocycles. The first-order valence-electron chi connectivity index (χ1n) is 5.92. The molecule has 0 atom stereocenters. The third kappa shape index (κ3) is 2.57. The molecule has 17 heavy (non-hydrogen) atoms. The van der Waals surface area contributed by atoms with E-state index in [0.717, 1.165) is 25.9 Å². The van der Waals surface area contributed by atoms with Crippen LogP contribution in [-0.2, 0) is 0 Å². The van der Waals surface area contributed by atoms with Crippen molar-refractivity contribution in [1.29, 1.82) is 0 Å². The summed E-state index contributed by atoms with van der Waals surface area (Å²) in [5.41, 5.74) is 5.84. The predicted octanol–water partition coefficient (Wildman–Crippen LogP) is 2.28. The molecule has 1 heterocycles. The van der Waals surface area contributed by atoms with Crippen molar-refractivity contribution in [2.45, 2.75) is 19.8 Å². The van der Waals surface area contributed by atoms with Crippen LogP contribution < -0.4 is 5.73 Å². The Morgan fingerprint density at radius 2 is 2.06 bits per heavy atom. The number of amides is 1. The number of piperidine rings is 1. The number of halogens is 1. The molecule has 1 saturated heterocycles. The maximum absolute atomic E-state index is 13.3. The first-order chi connectivity index (χ1) is 8.08. The second-order valence-corrected chi connectivity index (χ2v) is 4.71. The van der Waals surface area contributed by atoms with Gasteiger partial charge in [-0.2, -0.15) is 0 Å². The van der Waals surface area contributed by atoms with Gasteiger partial charge >= 0.3 is 0 Å². The van der Waals surface area contributed by atoms with Gasteiger partial charge in [-0.3, -0.25) is 4.79 Å². The molecular formula is C13H17FN2O. The molecule has 1 aliphatic heterocycles. The lowest BCUT2D eigenvalue weighted by atomic mass is 9.98. The number of benzene rings is 1. The second kappa shape index (κ2) is 4.73. The Balaban J connectivity index is 2.11. The molecule has 2 N–H and O–H groups in total. The Bertz CT molecular complexity index is 425. The lowest BCUT2D eigenvalue weighted by molar-refractivity contribution is 0.0697. The van der Waals surface area contributed by atoms with Crippen molar-refractivity contribution in [3.63, 3.8) is 0 Å². The Kier molecular flexibility index (Phi) is 3.31. The third-order valence-electron chi connectivity index (χ3n) is 3.32. The molecular weight excluding hydrogens is 219 g/mol. The van der Waals surface area contributed by atoms with Gasteiger partial charge < -0.3 is 10.6 Å². The topological polar surface area (TPSA) is 46.3 Å². The van der Waals surface area contributed by atoms with Crippen LogP contribution in [0.15, 0.2) is 18.2 Å². The molecule has 0 unspecified atom stereocenters. The fourth-order valence-corrected chi connectivity index (χ4v) is 2.05. The smallest absolute Gasteiger partial charge is 0.253 e. The molecule has 1 aliphatic rings. The van der Waals surface area contributed by atoms with E-state index in [4.69, 9.17) is 5.73 Å². The molecule has 0 saturated carbocycles. The van der Waals surface area contributed by atoms with Crippen LogP contribution in [0.5, 0.6) is 0 Å². The molecule has 92 valence electrons. The number of anilines is 1. The number of nitrogens with zero attached hydrogens (tertiary/aromatic N) is 1. The first-order valence-corrected chi connectivity index (χ1v) is 5.92. The van der Waals surface area contributed by atoms with Crippen molar-refractivity contribution in [3.8, 4) is 0 Å². The van der Waals surface area contributed by atoms with E-state index in [1.54, 1.807) is 11.0 Å². The van der Waals surface area contributed by atoms with Gasteiger partial charge in [0.25, 0.3) is 5.91 Å². The Morgan fingerprint density at radius 1 is 1.41 bits per heavy atom. The van der Waals surface area contributed by atoms with Crippen molar-refractivity contribution in [2.75, 3.05) is 18.8 Å². The summed E-state index contributed by atoms with van der Waals surface area (Å²) in [4.78, 5) is 13.9. The van der Waals surface area contributed by atoms with Gasteiger partial charge in [-0.15, -0.1) is 0 Å². The minimum atomic E-state index is -0.527. The SMILES string of the molecule is CC1CCN(C(=O)c2ccc(N)c(F)c2)CC1. The van der Waals surface area contributed by atoms with Crippen LogP contribution in [0, 0.1) is 11.7 Å². The molecule has 0 spiro atoms. The molecule has 1 aromatic rings. The summed E-state index contributed by atoms with van der Waals surface area (Å²) in [6.07, 6.45) is 2.03. The normalized spacial score (nSPS) is 17.2. The molecule has 0 radical (unpaired) electrons. The summed E-state index contributed by atoms with van der Waals surface area (Å²) >= 11 is 0. The number of likely N-dealkylation sites (tertiary alicyclic amines) is 1. The number of hydrogen-bond donors (Lipinski definition) is 1. The van der Waals surface area contributed by atoms with E-state index in [1.165, 1.54) is 12.1 Å². The molecule has 0 bridgehead atoms. The van der Waals surface area contributed by atoms with E-state index < -0.39 is 5.82 Å². The standard InChI is InChI=1S/C13H17FN2O/c1-9-4-6-16(7-5-9)13(17)10-2-3-12(15)11(14)8-10/h2-3,8-9H,4-7,15H2,1H3. The highest BCUT2D eigenvalue weighted by molar-refractivity contribution is 5.94. The van der Waals surface area contributed by atoms with Crippen LogP contribution >= 0.6 is 0 Å². The quantitative estimate of drug-likeness (QED) is 0.760. The number of carbonyl (C=O) groups excluding carboxylic acids is 1. The maximum Gasteiger partial charge on any atom is 0.253 e. The fraction of sp³-hybridized carbons (Fsp3) is 0.462. The lowest BCUT2D eigenvalue weighted by Crippen LogP contribution is -2.37. The van der Waals surface area contributed by atoms with Gasteiger partial charge in [0.05, 0.1) is 5.69 Å². The summed E-state index contributed by atoms with van der Waals surface area (Å²) in [5.74, 6) is 0.0410. The van der Waals surface area contributed by atoms with Crippen molar-refractivity contribution in [1.82, 2.24) is 4.90 Å². The highest BCUT2D eigenvalue weighted by Gasteiger charge is 2.21. The van der Waals surface area contributed by atoms with E-state index in [2.05, 4.69) is 6.92 Å². The molecule has 0 aromatic heterocycles. The van der Waals surface area contributed by atoms with Gasteiger partial charge in [-0.25, -0.2) is 4.39 Å². The van der Waals surface area contributed by atoms with Crippen molar-refractivity contribution in [2.24, 2.45) is 5.92 Å². The van der Waals surface area contributed by atoms with Crippen LogP contribution in [0.1, 0.15) is 30.1 Å².